The molecule has 0 aliphatic heterocycles. The fourth-order valence-corrected chi connectivity index (χ4v) is 6.02. The molecule has 2 N–H and O–H groups in total. The van der Waals surface area contributed by atoms with Gasteiger partial charge in [-0.3, -0.25) is 0 Å². The van der Waals surface area contributed by atoms with Crippen molar-refractivity contribution in [1.82, 2.24) is 0 Å². The van der Waals surface area contributed by atoms with Crippen LogP contribution in [0.3, 0.4) is 0 Å². The van der Waals surface area contributed by atoms with Gasteiger partial charge in [-0.2, -0.15) is 4.57 Å². The summed E-state index contributed by atoms with van der Waals surface area (Å²) in [5.41, 5.74) is 6.95. The molecule has 42 heavy (non-hydrogen) atoms. The monoisotopic (exact) mass is 592 g/mol. The highest BCUT2D eigenvalue weighted by Gasteiger charge is 2.22. The van der Waals surface area contributed by atoms with Crippen molar-refractivity contribution in [2.75, 3.05) is 17.2 Å². The Kier molecular flexibility index (Phi) is 14.4. The summed E-state index contributed by atoms with van der Waals surface area (Å²) in [5, 5.41) is 8.22. The van der Waals surface area contributed by atoms with E-state index in [1.54, 1.807) is 11.3 Å². The van der Waals surface area contributed by atoms with E-state index in [0.29, 0.717) is 12.3 Å². The molecule has 3 aromatic rings. The van der Waals surface area contributed by atoms with Gasteiger partial charge in [0.25, 0.3) is 0 Å². The van der Waals surface area contributed by atoms with Crippen molar-refractivity contribution in [2.45, 2.75) is 124 Å². The van der Waals surface area contributed by atoms with Crippen molar-refractivity contribution in [2.24, 2.45) is 0 Å². The number of thiazole rings is 1. The van der Waals surface area contributed by atoms with Crippen LogP contribution < -0.4 is 19.9 Å². The summed E-state index contributed by atoms with van der Waals surface area (Å²) in [4.78, 5) is 13.1. The SMILES string of the molecule is CCCCCCCCCCCCCCOc1c(NC(=O)Nc2cccc(C[n+]3cscc3C)c2)cccc1C(C)(C)C. The number of amides is 2. The molecule has 0 saturated heterocycles. The van der Waals surface area contributed by atoms with Gasteiger partial charge < -0.3 is 15.4 Å². The highest BCUT2D eigenvalue weighted by Crippen LogP contribution is 2.37. The molecule has 0 unspecified atom stereocenters. The Labute approximate surface area is 259 Å². The van der Waals surface area contributed by atoms with E-state index in [2.05, 4.69) is 72.8 Å². The number of urea groups is 1. The summed E-state index contributed by atoms with van der Waals surface area (Å²) < 4.78 is 8.59. The van der Waals surface area contributed by atoms with Crippen molar-refractivity contribution in [3.05, 3.63) is 70.2 Å². The average Bonchev–Trinajstić information content (AvgIpc) is 3.35. The average molecular weight is 593 g/mol. The third kappa shape index (κ3) is 11.8. The number of carbonyl (C=O) groups excluding carboxylic acids is 1. The lowest BCUT2D eigenvalue weighted by Gasteiger charge is -2.25. The molecule has 3 rings (SSSR count). The normalized spacial score (nSPS) is 11.5. The number of hydrogen-bond donors (Lipinski definition) is 2. The van der Waals surface area contributed by atoms with E-state index in [1.807, 2.05) is 30.3 Å². The number of anilines is 2. The van der Waals surface area contributed by atoms with Crippen LogP contribution in [0, 0.1) is 6.92 Å². The molecular formula is C36H54N3O2S+. The van der Waals surface area contributed by atoms with Gasteiger partial charge in [-0.15, -0.1) is 0 Å². The first-order valence-corrected chi connectivity index (χ1v) is 17.1. The predicted molar refractivity (Wildman–Crippen MR) is 179 cm³/mol. The minimum absolute atomic E-state index is 0.105. The molecule has 2 aromatic carbocycles. The Morgan fingerprint density at radius 2 is 1.50 bits per heavy atom. The highest BCUT2D eigenvalue weighted by atomic mass is 32.1. The molecule has 0 spiro atoms. The standard InChI is InChI=1S/C36H53N3O2S/c1-6-7-8-9-10-11-12-13-14-15-16-17-24-41-34-32(36(3,4)5)22-19-23-33(34)38-35(40)37-31-21-18-20-30(25-31)26-39-28-42-27-29(39)2/h18-23,25,27-28H,6-17,24,26H2,1-5H3,(H-,37,38,40)/p+1. The van der Waals surface area contributed by atoms with Gasteiger partial charge in [-0.1, -0.05) is 134 Å². The molecule has 6 heteroatoms. The topological polar surface area (TPSA) is 54.2 Å². The number of hydrogen-bond acceptors (Lipinski definition) is 3. The number of unbranched alkanes of at least 4 members (excludes halogenated alkanes) is 11. The summed E-state index contributed by atoms with van der Waals surface area (Å²) in [6.07, 6.45) is 15.8. The van der Waals surface area contributed by atoms with Crippen molar-refractivity contribution in [3.8, 4) is 5.75 Å². The maximum absolute atomic E-state index is 13.1. The Hall–Kier alpha value is -2.86. The number of para-hydroxylation sites is 1. The molecule has 0 radical (unpaired) electrons. The number of nitrogens with zero attached hydrogens (tertiary/aromatic N) is 1. The molecule has 5 nitrogen and oxygen atoms in total. The maximum Gasteiger partial charge on any atom is 0.323 e. The van der Waals surface area contributed by atoms with Crippen molar-refractivity contribution in [1.29, 1.82) is 0 Å². The van der Waals surface area contributed by atoms with Crippen LogP contribution in [0.5, 0.6) is 5.75 Å². The van der Waals surface area contributed by atoms with Gasteiger partial charge in [-0.25, -0.2) is 4.79 Å². The van der Waals surface area contributed by atoms with E-state index in [-0.39, 0.29) is 11.4 Å². The number of ether oxygens (including phenoxy) is 1. The molecule has 1 heterocycles. The van der Waals surface area contributed by atoms with Gasteiger partial charge in [0.1, 0.15) is 5.75 Å². The van der Waals surface area contributed by atoms with Gasteiger partial charge in [0.15, 0.2) is 12.2 Å². The second kappa shape index (κ2) is 17.9. The first kappa shape index (κ1) is 33.6. The molecular weight excluding hydrogens is 538 g/mol. The largest absolute Gasteiger partial charge is 0.491 e. The summed E-state index contributed by atoms with van der Waals surface area (Å²) >= 11 is 1.69. The molecule has 0 fully saturated rings. The number of rotatable bonds is 18. The zero-order valence-corrected chi connectivity index (χ0v) is 27.6. The molecule has 0 bridgehead atoms. The lowest BCUT2D eigenvalue weighted by atomic mass is 9.86. The number of benzene rings is 2. The molecule has 0 aliphatic rings. The van der Waals surface area contributed by atoms with Gasteiger partial charge in [0.2, 0.25) is 5.51 Å². The summed E-state index contributed by atoms with van der Waals surface area (Å²) in [5.74, 6) is 0.779. The first-order chi connectivity index (χ1) is 20.3. The zero-order chi connectivity index (χ0) is 30.2. The number of carbonyl (C=O) groups is 1. The second-order valence-corrected chi connectivity index (χ2v) is 13.3. The Morgan fingerprint density at radius 1 is 0.857 bits per heavy atom. The van der Waals surface area contributed by atoms with Crippen LogP contribution in [-0.2, 0) is 12.0 Å². The van der Waals surface area contributed by atoms with Gasteiger partial charge in [-0.05, 0) is 30.0 Å². The fourth-order valence-electron chi connectivity index (χ4n) is 5.24. The fraction of sp³-hybridized carbons (Fsp3) is 0.556. The van der Waals surface area contributed by atoms with E-state index in [1.165, 1.54) is 76.3 Å². The summed E-state index contributed by atoms with van der Waals surface area (Å²) in [7, 11) is 0. The molecule has 0 saturated carbocycles. The van der Waals surface area contributed by atoms with Gasteiger partial charge >= 0.3 is 6.03 Å². The third-order valence-electron chi connectivity index (χ3n) is 7.73. The van der Waals surface area contributed by atoms with Gasteiger partial charge in [0.05, 0.1) is 17.7 Å². The highest BCUT2D eigenvalue weighted by molar-refractivity contribution is 7.07. The number of aryl methyl sites for hydroxylation is 1. The van der Waals surface area contributed by atoms with Crippen LogP contribution in [0.2, 0.25) is 0 Å². The lowest BCUT2D eigenvalue weighted by molar-refractivity contribution is -0.689. The number of nitrogens with one attached hydrogen (secondary N) is 2. The van der Waals surface area contributed by atoms with Crippen molar-refractivity contribution in [3.63, 3.8) is 0 Å². The van der Waals surface area contributed by atoms with Crippen molar-refractivity contribution < 1.29 is 14.1 Å². The number of aromatic nitrogens is 1. The van der Waals surface area contributed by atoms with Crippen molar-refractivity contribution >= 4 is 28.7 Å². The molecule has 230 valence electrons. The lowest BCUT2D eigenvalue weighted by Crippen LogP contribution is -2.34. The summed E-state index contributed by atoms with van der Waals surface area (Å²) in [6, 6.07) is 13.8. The smallest absolute Gasteiger partial charge is 0.323 e. The van der Waals surface area contributed by atoms with Crippen LogP contribution in [0.1, 0.15) is 122 Å². The molecule has 2 amide bonds. The van der Waals surface area contributed by atoms with E-state index in [9.17, 15) is 4.79 Å². The van der Waals surface area contributed by atoms with E-state index < -0.39 is 0 Å². The Morgan fingerprint density at radius 3 is 2.12 bits per heavy atom. The maximum atomic E-state index is 13.1. The zero-order valence-electron chi connectivity index (χ0n) is 26.8. The minimum Gasteiger partial charge on any atom is -0.491 e. The van der Waals surface area contributed by atoms with Crippen LogP contribution in [-0.4, -0.2) is 12.6 Å². The predicted octanol–water partition coefficient (Wildman–Crippen LogP) is 10.4. The minimum atomic E-state index is -0.271. The third-order valence-corrected chi connectivity index (χ3v) is 8.59. The van der Waals surface area contributed by atoms with E-state index in [0.717, 1.165) is 35.5 Å². The van der Waals surface area contributed by atoms with Crippen LogP contribution in [0.15, 0.2) is 53.4 Å². The quantitative estimate of drug-likeness (QED) is 0.114. The first-order valence-electron chi connectivity index (χ1n) is 16.1. The Bertz CT molecular complexity index is 1210. The second-order valence-electron chi connectivity index (χ2n) is 12.6. The van der Waals surface area contributed by atoms with Crippen LogP contribution >= 0.6 is 11.3 Å². The van der Waals surface area contributed by atoms with E-state index >= 15 is 0 Å². The Balaban J connectivity index is 1.49. The van der Waals surface area contributed by atoms with E-state index in [4.69, 9.17) is 4.74 Å². The summed E-state index contributed by atoms with van der Waals surface area (Å²) in [6.45, 7) is 12.4. The van der Waals surface area contributed by atoms with Gasteiger partial charge in [0, 0.05) is 23.7 Å². The molecule has 1 aromatic heterocycles. The van der Waals surface area contributed by atoms with Crippen LogP contribution in [0.4, 0.5) is 16.2 Å². The molecule has 0 aliphatic carbocycles. The molecule has 0 atom stereocenters. The van der Waals surface area contributed by atoms with Crippen LogP contribution in [0.25, 0.3) is 0 Å².